The number of anilines is 2. The lowest BCUT2D eigenvalue weighted by Gasteiger charge is -2.07. The number of benzene rings is 1. The fourth-order valence-electron chi connectivity index (χ4n) is 1.12. The van der Waals surface area contributed by atoms with E-state index in [1.165, 1.54) is 0 Å². The highest BCUT2D eigenvalue weighted by Crippen LogP contribution is 2.36. The lowest BCUT2D eigenvalue weighted by Crippen LogP contribution is -2.12. The SMILES string of the molecule is Nc1nnc(C(=O)Nc2ccc(Br)c(Cl)c2Cl)s1. The van der Waals surface area contributed by atoms with E-state index >= 15 is 0 Å². The van der Waals surface area contributed by atoms with Gasteiger partial charge in [-0.3, -0.25) is 4.79 Å². The average molecular weight is 368 g/mol. The monoisotopic (exact) mass is 366 g/mol. The number of hydrogen-bond donors (Lipinski definition) is 2. The first-order valence-corrected chi connectivity index (χ1v) is 6.89. The Morgan fingerprint density at radius 3 is 2.67 bits per heavy atom. The highest BCUT2D eigenvalue weighted by atomic mass is 79.9. The number of hydrogen-bond acceptors (Lipinski definition) is 5. The minimum atomic E-state index is -0.440. The molecule has 2 aromatic rings. The molecule has 0 fully saturated rings. The van der Waals surface area contributed by atoms with Crippen molar-refractivity contribution in [3.8, 4) is 0 Å². The van der Waals surface area contributed by atoms with E-state index in [0.29, 0.717) is 15.2 Å². The number of carbonyl (C=O) groups excluding carboxylic acids is 1. The molecule has 0 atom stereocenters. The number of halogens is 3. The molecule has 0 saturated heterocycles. The second-order valence-corrected chi connectivity index (χ2v) is 5.74. The fourth-order valence-corrected chi connectivity index (χ4v) is 2.45. The molecule has 0 aliphatic rings. The summed E-state index contributed by atoms with van der Waals surface area (Å²) >= 11 is 16.2. The number of nitrogens with two attached hydrogens (primary N) is 1. The van der Waals surface area contributed by atoms with E-state index in [4.69, 9.17) is 28.9 Å². The van der Waals surface area contributed by atoms with Crippen LogP contribution >= 0.6 is 50.5 Å². The highest BCUT2D eigenvalue weighted by Gasteiger charge is 2.15. The molecule has 1 aromatic carbocycles. The summed E-state index contributed by atoms with van der Waals surface area (Å²) in [7, 11) is 0. The van der Waals surface area contributed by atoms with Crippen molar-refractivity contribution in [3.05, 3.63) is 31.7 Å². The van der Waals surface area contributed by atoms with Gasteiger partial charge in [0.1, 0.15) is 0 Å². The summed E-state index contributed by atoms with van der Waals surface area (Å²) in [5.74, 6) is -0.440. The van der Waals surface area contributed by atoms with Crippen LogP contribution in [0, 0.1) is 0 Å². The molecule has 9 heteroatoms. The predicted molar refractivity (Wildman–Crippen MR) is 76.4 cm³/mol. The van der Waals surface area contributed by atoms with E-state index in [1.54, 1.807) is 12.1 Å². The van der Waals surface area contributed by atoms with Crippen molar-refractivity contribution in [3.63, 3.8) is 0 Å². The lowest BCUT2D eigenvalue weighted by molar-refractivity contribution is 0.102. The summed E-state index contributed by atoms with van der Waals surface area (Å²) in [6.07, 6.45) is 0. The van der Waals surface area contributed by atoms with Crippen LogP contribution in [0.1, 0.15) is 9.80 Å². The van der Waals surface area contributed by atoms with Gasteiger partial charge in [-0.05, 0) is 28.1 Å². The zero-order chi connectivity index (χ0) is 13.3. The summed E-state index contributed by atoms with van der Waals surface area (Å²) in [5, 5.41) is 10.7. The van der Waals surface area contributed by atoms with Gasteiger partial charge in [-0.25, -0.2) is 0 Å². The van der Waals surface area contributed by atoms with Crippen molar-refractivity contribution in [2.75, 3.05) is 11.1 Å². The topological polar surface area (TPSA) is 80.9 Å². The van der Waals surface area contributed by atoms with Crippen molar-refractivity contribution in [1.29, 1.82) is 0 Å². The molecule has 1 heterocycles. The summed E-state index contributed by atoms with van der Waals surface area (Å²) in [4.78, 5) is 11.8. The van der Waals surface area contributed by atoms with Crippen molar-refractivity contribution in [2.45, 2.75) is 0 Å². The third-order valence-electron chi connectivity index (χ3n) is 1.92. The van der Waals surface area contributed by atoms with E-state index in [1.807, 2.05) is 0 Å². The van der Waals surface area contributed by atoms with Crippen LogP contribution in [0.15, 0.2) is 16.6 Å². The second-order valence-electron chi connectivity index (χ2n) is 3.12. The van der Waals surface area contributed by atoms with Crippen molar-refractivity contribution in [2.24, 2.45) is 0 Å². The number of rotatable bonds is 2. The van der Waals surface area contributed by atoms with Crippen LogP contribution in [0.25, 0.3) is 0 Å². The van der Waals surface area contributed by atoms with E-state index in [-0.39, 0.29) is 15.2 Å². The van der Waals surface area contributed by atoms with Gasteiger partial charge in [0.25, 0.3) is 5.91 Å². The van der Waals surface area contributed by atoms with Crippen LogP contribution < -0.4 is 11.1 Å². The van der Waals surface area contributed by atoms with E-state index in [9.17, 15) is 4.79 Å². The number of nitrogens with zero attached hydrogens (tertiary/aromatic N) is 2. The number of amides is 1. The largest absolute Gasteiger partial charge is 0.374 e. The third-order valence-corrected chi connectivity index (χ3v) is 4.44. The molecule has 5 nitrogen and oxygen atoms in total. The molecule has 0 saturated carbocycles. The van der Waals surface area contributed by atoms with Gasteiger partial charge in [0.15, 0.2) is 0 Å². The Balaban J connectivity index is 2.25. The zero-order valence-corrected chi connectivity index (χ0v) is 12.5. The van der Waals surface area contributed by atoms with E-state index in [2.05, 4.69) is 31.4 Å². The van der Waals surface area contributed by atoms with Gasteiger partial charge in [0.05, 0.1) is 15.7 Å². The predicted octanol–water partition coefficient (Wildman–Crippen LogP) is 3.44. The summed E-state index contributed by atoms with van der Waals surface area (Å²) < 4.78 is 0.646. The zero-order valence-electron chi connectivity index (χ0n) is 8.58. The molecule has 1 aromatic heterocycles. The molecule has 3 N–H and O–H groups in total. The Labute approximate surface area is 124 Å². The second kappa shape index (κ2) is 5.40. The molecule has 0 bridgehead atoms. The standard InChI is InChI=1S/C9H5BrCl2N4OS/c10-3-1-2-4(6(12)5(3)11)14-7(17)8-15-16-9(13)18-8/h1-2H,(H2,13,16)(H,14,17). The van der Waals surface area contributed by atoms with Gasteiger partial charge in [-0.2, -0.15) is 0 Å². The van der Waals surface area contributed by atoms with Crippen LogP contribution in [0.5, 0.6) is 0 Å². The summed E-state index contributed by atoms with van der Waals surface area (Å²) in [5.41, 5.74) is 5.79. The fraction of sp³-hybridized carbons (Fsp3) is 0. The molecule has 0 radical (unpaired) electrons. The van der Waals surface area contributed by atoms with Crippen molar-refractivity contribution < 1.29 is 4.79 Å². The molecule has 0 unspecified atom stereocenters. The first-order valence-electron chi connectivity index (χ1n) is 4.53. The normalized spacial score (nSPS) is 10.4. The quantitative estimate of drug-likeness (QED) is 0.796. The minimum Gasteiger partial charge on any atom is -0.374 e. The lowest BCUT2D eigenvalue weighted by atomic mass is 10.3. The summed E-state index contributed by atoms with van der Waals surface area (Å²) in [6, 6.07) is 3.30. The van der Waals surface area contributed by atoms with Gasteiger partial charge in [0, 0.05) is 4.47 Å². The van der Waals surface area contributed by atoms with Gasteiger partial charge in [-0.15, -0.1) is 10.2 Å². The van der Waals surface area contributed by atoms with Crippen molar-refractivity contribution >= 4 is 67.2 Å². The molecule has 18 heavy (non-hydrogen) atoms. The first-order chi connectivity index (χ1) is 8.49. The Kier molecular flexibility index (Phi) is 4.06. The van der Waals surface area contributed by atoms with Crippen LogP contribution in [0.3, 0.4) is 0 Å². The number of nitrogen functional groups attached to an aromatic ring is 1. The van der Waals surface area contributed by atoms with Crippen molar-refractivity contribution in [1.82, 2.24) is 10.2 Å². The van der Waals surface area contributed by atoms with E-state index in [0.717, 1.165) is 11.3 Å². The molecule has 0 aliphatic carbocycles. The minimum absolute atomic E-state index is 0.155. The summed E-state index contributed by atoms with van der Waals surface area (Å²) in [6.45, 7) is 0. The molecular weight excluding hydrogens is 363 g/mol. The average Bonchev–Trinajstić information content (AvgIpc) is 2.77. The Morgan fingerprint density at radius 1 is 1.33 bits per heavy atom. The number of aromatic nitrogens is 2. The maximum Gasteiger partial charge on any atom is 0.286 e. The number of nitrogens with one attached hydrogen (secondary N) is 1. The number of carbonyl (C=O) groups is 1. The van der Waals surface area contributed by atoms with Gasteiger partial charge >= 0.3 is 0 Å². The first kappa shape index (κ1) is 13.5. The molecular formula is C9H5BrCl2N4OS. The maximum absolute atomic E-state index is 11.8. The van der Waals surface area contributed by atoms with Crippen LogP contribution in [0.2, 0.25) is 10.0 Å². The molecule has 1 amide bonds. The maximum atomic E-state index is 11.8. The molecule has 2 rings (SSSR count). The third kappa shape index (κ3) is 2.74. The van der Waals surface area contributed by atoms with Gasteiger partial charge in [0.2, 0.25) is 10.1 Å². The Bertz CT molecular complexity index is 619. The molecule has 0 spiro atoms. The van der Waals surface area contributed by atoms with E-state index < -0.39 is 5.91 Å². The molecule has 0 aliphatic heterocycles. The Morgan fingerprint density at radius 2 is 2.06 bits per heavy atom. The Hall–Kier alpha value is -0.890. The van der Waals surface area contributed by atoms with Crippen LogP contribution in [0.4, 0.5) is 10.8 Å². The van der Waals surface area contributed by atoms with Gasteiger partial charge in [-0.1, -0.05) is 34.5 Å². The van der Waals surface area contributed by atoms with Crippen LogP contribution in [-0.4, -0.2) is 16.1 Å². The van der Waals surface area contributed by atoms with Gasteiger partial charge < -0.3 is 11.1 Å². The smallest absolute Gasteiger partial charge is 0.286 e. The van der Waals surface area contributed by atoms with Crippen LogP contribution in [-0.2, 0) is 0 Å². The highest BCUT2D eigenvalue weighted by molar-refractivity contribution is 9.10. The molecule has 94 valence electrons.